The molecule has 1 saturated carbocycles. The maximum absolute atomic E-state index is 14.2. The van der Waals surface area contributed by atoms with Gasteiger partial charge in [-0.1, -0.05) is 68.3 Å². The van der Waals surface area contributed by atoms with E-state index in [-0.39, 0.29) is 0 Å². The van der Waals surface area contributed by atoms with E-state index in [9.17, 15) is 39.5 Å². The molecule has 1 aliphatic carbocycles. The van der Waals surface area contributed by atoms with E-state index >= 15 is 0 Å². The fourth-order valence-corrected chi connectivity index (χ4v) is 4.13. The van der Waals surface area contributed by atoms with E-state index in [1.54, 1.807) is 12.1 Å². The Morgan fingerprint density at radius 3 is 1.41 bits per heavy atom. The van der Waals surface area contributed by atoms with Crippen LogP contribution in [0.2, 0.25) is 0 Å². The summed E-state index contributed by atoms with van der Waals surface area (Å²) < 4.78 is 119. The Labute approximate surface area is 179 Å². The van der Waals surface area contributed by atoms with E-state index in [1.165, 1.54) is 0 Å². The minimum Gasteiger partial charge on any atom is -0.216 e. The highest BCUT2D eigenvalue weighted by molar-refractivity contribution is 5.64. The van der Waals surface area contributed by atoms with E-state index < -0.39 is 29.5 Å². The lowest BCUT2D eigenvalue weighted by molar-refractivity contribution is -0.400. The van der Waals surface area contributed by atoms with Gasteiger partial charge in [-0.25, -0.2) is 4.39 Å². The number of hydrogen-bond donors (Lipinski definition) is 0. The Balaban J connectivity index is 1.85. The zero-order valence-electron chi connectivity index (χ0n) is 17.0. The van der Waals surface area contributed by atoms with E-state index in [0.29, 0.717) is 35.1 Å². The lowest BCUT2D eigenvalue weighted by Crippen LogP contribution is -2.63. The van der Waals surface area contributed by atoms with Crippen molar-refractivity contribution in [3.63, 3.8) is 0 Å². The number of halogens is 9. The molecule has 0 bridgehead atoms. The van der Waals surface area contributed by atoms with Gasteiger partial charge in [-0.2, -0.15) is 35.1 Å². The summed E-state index contributed by atoms with van der Waals surface area (Å²) in [5, 5.41) is 0. The van der Waals surface area contributed by atoms with Gasteiger partial charge < -0.3 is 0 Å². The summed E-state index contributed by atoms with van der Waals surface area (Å²) in [7, 11) is 0. The molecule has 2 aromatic carbocycles. The molecular weight excluding hydrogens is 447 g/mol. The van der Waals surface area contributed by atoms with E-state index in [0.717, 1.165) is 43.4 Å². The Bertz CT molecular complexity index is 886. The van der Waals surface area contributed by atoms with Crippen LogP contribution in [0.25, 0.3) is 11.1 Å². The van der Waals surface area contributed by atoms with E-state index in [1.807, 2.05) is 12.1 Å². The minimum atomic E-state index is -6.86. The van der Waals surface area contributed by atoms with Crippen molar-refractivity contribution in [2.24, 2.45) is 5.92 Å². The van der Waals surface area contributed by atoms with Crippen LogP contribution in [0, 0.1) is 5.92 Å². The highest BCUT2D eigenvalue weighted by atomic mass is 19.4. The van der Waals surface area contributed by atoms with Crippen molar-refractivity contribution in [2.75, 3.05) is 0 Å². The second-order valence-corrected chi connectivity index (χ2v) is 8.38. The smallest absolute Gasteiger partial charge is 0.216 e. The highest BCUT2D eigenvalue weighted by Crippen LogP contribution is 2.58. The quantitative estimate of drug-likeness (QED) is 0.394. The predicted molar refractivity (Wildman–Crippen MR) is 102 cm³/mol. The predicted octanol–water partition coefficient (Wildman–Crippen LogP) is 8.57. The molecule has 1 aliphatic rings. The number of rotatable bonds is 4. The summed E-state index contributed by atoms with van der Waals surface area (Å²) in [6, 6.07) is 9.85. The summed E-state index contributed by atoms with van der Waals surface area (Å²) in [6.07, 6.45) is -9.39. The molecule has 0 aromatic heterocycles. The molecule has 0 atom stereocenters. The van der Waals surface area contributed by atoms with Crippen molar-refractivity contribution in [1.82, 2.24) is 0 Å². The molecule has 0 unspecified atom stereocenters. The Hall–Kier alpha value is -2.19. The van der Waals surface area contributed by atoms with Crippen molar-refractivity contribution in [1.29, 1.82) is 0 Å². The van der Waals surface area contributed by atoms with Gasteiger partial charge in [0, 0.05) is 5.56 Å². The molecule has 0 spiro atoms. The van der Waals surface area contributed by atoms with Gasteiger partial charge in [0.2, 0.25) is 0 Å². The molecule has 0 amide bonds. The van der Waals surface area contributed by atoms with Crippen LogP contribution in [0.1, 0.15) is 49.7 Å². The first kappa shape index (κ1) is 24.5. The Morgan fingerprint density at radius 1 is 0.594 bits per heavy atom. The molecule has 2 aromatic rings. The van der Waals surface area contributed by atoms with Gasteiger partial charge in [0.05, 0.1) is 0 Å². The average Bonchev–Trinajstić information content (AvgIpc) is 2.72. The molecule has 0 saturated heterocycles. The maximum atomic E-state index is 14.2. The van der Waals surface area contributed by atoms with Crippen molar-refractivity contribution < 1.29 is 39.5 Å². The standard InChI is InChI=1S/C23H21F9/c1-14-2-4-15(5-3-14)16-6-8-17(9-7-16)18-10-12-19(13-11-18)20(24,25)21(26,22(27,28)29)23(30,31)32/h6-15H,2-5H2,1H3. The van der Waals surface area contributed by atoms with E-state index in [4.69, 9.17) is 0 Å². The third-order valence-corrected chi connectivity index (χ3v) is 6.19. The van der Waals surface area contributed by atoms with Crippen molar-refractivity contribution in [3.8, 4) is 11.1 Å². The van der Waals surface area contributed by atoms with Crippen LogP contribution >= 0.6 is 0 Å². The van der Waals surface area contributed by atoms with Crippen LogP contribution in [0.4, 0.5) is 39.5 Å². The zero-order valence-corrected chi connectivity index (χ0v) is 17.0. The minimum absolute atomic E-state index is 0.303. The van der Waals surface area contributed by atoms with Crippen LogP contribution in [0.5, 0.6) is 0 Å². The number of hydrogen-bond acceptors (Lipinski definition) is 0. The topological polar surface area (TPSA) is 0 Å². The third kappa shape index (κ3) is 4.22. The normalized spacial score (nSPS) is 20.9. The van der Waals surface area contributed by atoms with Gasteiger partial charge in [-0.05, 0) is 41.4 Å². The molecule has 0 aliphatic heterocycles. The molecule has 176 valence electrons. The summed E-state index contributed by atoms with van der Waals surface area (Å²) >= 11 is 0. The molecule has 0 heterocycles. The molecule has 0 N–H and O–H groups in total. The summed E-state index contributed by atoms with van der Waals surface area (Å²) in [6.45, 7) is 2.20. The highest BCUT2D eigenvalue weighted by Gasteiger charge is 2.84. The lowest BCUT2D eigenvalue weighted by atomic mass is 9.79. The summed E-state index contributed by atoms with van der Waals surface area (Å²) in [5.41, 5.74) is -6.47. The lowest BCUT2D eigenvalue weighted by Gasteiger charge is -2.36. The first-order valence-electron chi connectivity index (χ1n) is 10.1. The second kappa shape index (κ2) is 8.30. The van der Waals surface area contributed by atoms with Gasteiger partial charge in [0.1, 0.15) is 0 Å². The molecule has 3 rings (SSSR count). The molecule has 0 nitrogen and oxygen atoms in total. The second-order valence-electron chi connectivity index (χ2n) is 8.38. The first-order valence-corrected chi connectivity index (χ1v) is 10.1. The fraction of sp³-hybridized carbons (Fsp3) is 0.478. The van der Waals surface area contributed by atoms with Crippen LogP contribution in [0.3, 0.4) is 0 Å². The van der Waals surface area contributed by atoms with Crippen LogP contribution in [-0.2, 0) is 5.92 Å². The summed E-state index contributed by atoms with van der Waals surface area (Å²) in [4.78, 5) is 0. The maximum Gasteiger partial charge on any atom is 0.438 e. The zero-order chi connectivity index (χ0) is 23.9. The van der Waals surface area contributed by atoms with Crippen molar-refractivity contribution >= 4 is 0 Å². The molecule has 1 fully saturated rings. The molecule has 32 heavy (non-hydrogen) atoms. The molecule has 0 radical (unpaired) electrons. The van der Waals surface area contributed by atoms with E-state index in [2.05, 4.69) is 6.92 Å². The van der Waals surface area contributed by atoms with Crippen LogP contribution in [-0.4, -0.2) is 18.0 Å². The third-order valence-electron chi connectivity index (χ3n) is 6.19. The molecular formula is C23H21F9. The van der Waals surface area contributed by atoms with Gasteiger partial charge in [-0.15, -0.1) is 0 Å². The van der Waals surface area contributed by atoms with Gasteiger partial charge in [0.25, 0.3) is 0 Å². The average molecular weight is 468 g/mol. The van der Waals surface area contributed by atoms with Crippen molar-refractivity contribution in [3.05, 3.63) is 59.7 Å². The monoisotopic (exact) mass is 468 g/mol. The molecule has 9 heteroatoms. The summed E-state index contributed by atoms with van der Waals surface area (Å²) in [5.74, 6) is -4.78. The Kier molecular flexibility index (Phi) is 6.34. The number of benzene rings is 2. The first-order chi connectivity index (χ1) is 14.7. The van der Waals surface area contributed by atoms with Gasteiger partial charge in [0.15, 0.2) is 0 Å². The van der Waals surface area contributed by atoms with Crippen molar-refractivity contribution in [2.45, 2.75) is 62.5 Å². The Morgan fingerprint density at radius 2 is 1.00 bits per heavy atom. The van der Waals surface area contributed by atoms with Gasteiger partial charge >= 0.3 is 23.9 Å². The van der Waals surface area contributed by atoms with Crippen LogP contribution < -0.4 is 0 Å². The fourth-order valence-electron chi connectivity index (χ4n) is 4.13. The largest absolute Gasteiger partial charge is 0.438 e. The van der Waals surface area contributed by atoms with Crippen LogP contribution in [0.15, 0.2) is 48.5 Å². The van der Waals surface area contributed by atoms with Gasteiger partial charge in [-0.3, -0.25) is 0 Å². The number of alkyl halides is 9. The SMILES string of the molecule is CC1CCC(c2ccc(-c3ccc(C(F)(F)C(F)(C(F)(F)F)C(F)(F)F)cc3)cc2)CC1.